The van der Waals surface area contributed by atoms with E-state index < -0.39 is 6.10 Å². The van der Waals surface area contributed by atoms with Crippen LogP contribution in [-0.4, -0.2) is 24.9 Å². The number of aliphatic hydroxyl groups excluding tert-OH is 1. The molecular weight excluding hydrogens is 211 g/mol. The lowest BCUT2D eigenvalue weighted by atomic mass is 10.1. The number of rotatable bonds is 5. The molecule has 16 heavy (non-hydrogen) atoms. The van der Waals surface area contributed by atoms with Gasteiger partial charge < -0.3 is 14.6 Å². The van der Waals surface area contributed by atoms with Crippen molar-refractivity contribution < 1.29 is 19.0 Å². The molecule has 0 amide bonds. The van der Waals surface area contributed by atoms with Crippen molar-refractivity contribution >= 4 is 0 Å². The summed E-state index contributed by atoms with van der Waals surface area (Å²) in [6, 6.07) is 4.10. The van der Waals surface area contributed by atoms with Crippen LogP contribution in [0.1, 0.15) is 25.5 Å². The molecule has 0 heterocycles. The SMILES string of the molecule is COCC(C)Oc1ccc(F)cc1C(C)O. The lowest BCUT2D eigenvalue weighted by Gasteiger charge is -2.18. The van der Waals surface area contributed by atoms with Crippen molar-refractivity contribution in [3.63, 3.8) is 0 Å². The zero-order valence-corrected chi connectivity index (χ0v) is 9.74. The average Bonchev–Trinajstić information content (AvgIpc) is 2.20. The quantitative estimate of drug-likeness (QED) is 0.840. The standard InChI is InChI=1S/C12H17FO3/c1-8(7-15-3)16-12-5-4-10(13)6-11(12)9(2)14/h4-6,8-9,14H,7H2,1-3H3. The van der Waals surface area contributed by atoms with E-state index in [1.165, 1.54) is 18.2 Å². The fourth-order valence-electron chi connectivity index (χ4n) is 1.44. The minimum atomic E-state index is -0.763. The number of aliphatic hydroxyl groups is 1. The van der Waals surface area contributed by atoms with Gasteiger partial charge in [0.25, 0.3) is 0 Å². The number of halogens is 1. The molecule has 2 atom stereocenters. The lowest BCUT2D eigenvalue weighted by molar-refractivity contribution is 0.0885. The van der Waals surface area contributed by atoms with E-state index >= 15 is 0 Å². The zero-order valence-electron chi connectivity index (χ0n) is 9.74. The maximum atomic E-state index is 13.0. The van der Waals surface area contributed by atoms with Gasteiger partial charge in [-0.3, -0.25) is 0 Å². The van der Waals surface area contributed by atoms with Gasteiger partial charge in [-0.15, -0.1) is 0 Å². The van der Waals surface area contributed by atoms with Crippen LogP contribution in [0.5, 0.6) is 5.75 Å². The minimum Gasteiger partial charge on any atom is -0.488 e. The van der Waals surface area contributed by atoms with Crippen LogP contribution in [0.3, 0.4) is 0 Å². The molecule has 1 rings (SSSR count). The molecule has 0 bridgehead atoms. The lowest BCUT2D eigenvalue weighted by Crippen LogP contribution is -2.19. The number of hydrogen-bond acceptors (Lipinski definition) is 3. The van der Waals surface area contributed by atoms with Crippen molar-refractivity contribution in [2.75, 3.05) is 13.7 Å². The Labute approximate surface area is 94.8 Å². The molecule has 0 aliphatic carbocycles. The van der Waals surface area contributed by atoms with Gasteiger partial charge in [0.1, 0.15) is 17.7 Å². The highest BCUT2D eigenvalue weighted by Gasteiger charge is 2.13. The Hall–Kier alpha value is -1.13. The number of benzene rings is 1. The second kappa shape index (κ2) is 5.82. The van der Waals surface area contributed by atoms with E-state index in [1.54, 1.807) is 14.0 Å². The predicted molar refractivity (Wildman–Crippen MR) is 59.0 cm³/mol. The summed E-state index contributed by atoms with van der Waals surface area (Å²) in [4.78, 5) is 0. The van der Waals surface area contributed by atoms with Gasteiger partial charge in [0.2, 0.25) is 0 Å². The van der Waals surface area contributed by atoms with Crippen molar-refractivity contribution in [3.05, 3.63) is 29.6 Å². The van der Waals surface area contributed by atoms with Crippen molar-refractivity contribution in [2.24, 2.45) is 0 Å². The molecule has 0 spiro atoms. The maximum absolute atomic E-state index is 13.0. The van der Waals surface area contributed by atoms with E-state index in [0.717, 1.165) is 0 Å². The van der Waals surface area contributed by atoms with E-state index in [-0.39, 0.29) is 11.9 Å². The molecule has 3 nitrogen and oxygen atoms in total. The van der Waals surface area contributed by atoms with Crippen LogP contribution < -0.4 is 4.74 Å². The summed E-state index contributed by atoms with van der Waals surface area (Å²) >= 11 is 0. The summed E-state index contributed by atoms with van der Waals surface area (Å²) in [5.74, 6) is 0.101. The highest BCUT2D eigenvalue weighted by molar-refractivity contribution is 5.35. The van der Waals surface area contributed by atoms with E-state index in [1.807, 2.05) is 6.92 Å². The Morgan fingerprint density at radius 2 is 2.06 bits per heavy atom. The Morgan fingerprint density at radius 1 is 1.38 bits per heavy atom. The first-order valence-corrected chi connectivity index (χ1v) is 5.17. The molecule has 0 radical (unpaired) electrons. The van der Waals surface area contributed by atoms with Gasteiger partial charge in [-0.2, -0.15) is 0 Å². The van der Waals surface area contributed by atoms with Crippen LogP contribution in [0.25, 0.3) is 0 Å². The van der Waals surface area contributed by atoms with Crippen LogP contribution in [-0.2, 0) is 4.74 Å². The Kier molecular flexibility index (Phi) is 4.71. The normalized spacial score (nSPS) is 14.6. The molecule has 0 aliphatic rings. The molecule has 0 saturated heterocycles. The summed E-state index contributed by atoms with van der Waals surface area (Å²) < 4.78 is 23.5. The third kappa shape index (κ3) is 3.47. The average molecular weight is 228 g/mol. The first-order valence-electron chi connectivity index (χ1n) is 5.17. The minimum absolute atomic E-state index is 0.145. The summed E-state index contributed by atoms with van der Waals surface area (Å²) in [7, 11) is 1.58. The van der Waals surface area contributed by atoms with Crippen molar-refractivity contribution in [1.82, 2.24) is 0 Å². The molecule has 0 aromatic heterocycles. The molecule has 4 heteroatoms. The van der Waals surface area contributed by atoms with Crippen LogP contribution in [0, 0.1) is 5.82 Å². The third-order valence-corrected chi connectivity index (χ3v) is 2.15. The number of hydrogen-bond donors (Lipinski definition) is 1. The van der Waals surface area contributed by atoms with Gasteiger partial charge in [0.15, 0.2) is 0 Å². The molecule has 90 valence electrons. The van der Waals surface area contributed by atoms with Gasteiger partial charge >= 0.3 is 0 Å². The molecule has 1 N–H and O–H groups in total. The zero-order chi connectivity index (χ0) is 12.1. The van der Waals surface area contributed by atoms with E-state index in [4.69, 9.17) is 9.47 Å². The van der Waals surface area contributed by atoms with Gasteiger partial charge in [-0.25, -0.2) is 4.39 Å². The Balaban J connectivity index is 2.86. The van der Waals surface area contributed by atoms with E-state index in [2.05, 4.69) is 0 Å². The van der Waals surface area contributed by atoms with Gasteiger partial charge in [-0.05, 0) is 32.0 Å². The highest BCUT2D eigenvalue weighted by Crippen LogP contribution is 2.26. The van der Waals surface area contributed by atoms with Crippen LogP contribution in [0.2, 0.25) is 0 Å². The highest BCUT2D eigenvalue weighted by atomic mass is 19.1. The third-order valence-electron chi connectivity index (χ3n) is 2.15. The number of methoxy groups -OCH3 is 1. The van der Waals surface area contributed by atoms with Gasteiger partial charge in [0.05, 0.1) is 12.7 Å². The second-order valence-corrected chi connectivity index (χ2v) is 3.74. The van der Waals surface area contributed by atoms with Gasteiger partial charge in [0, 0.05) is 12.7 Å². The Morgan fingerprint density at radius 3 is 2.62 bits per heavy atom. The summed E-state index contributed by atoms with van der Waals surface area (Å²) in [6.45, 7) is 3.86. The predicted octanol–water partition coefficient (Wildman–Crippen LogP) is 2.29. The summed E-state index contributed by atoms with van der Waals surface area (Å²) in [5.41, 5.74) is 0.447. The molecule has 1 aromatic carbocycles. The van der Waals surface area contributed by atoms with Crippen molar-refractivity contribution in [1.29, 1.82) is 0 Å². The second-order valence-electron chi connectivity index (χ2n) is 3.74. The number of ether oxygens (including phenoxy) is 2. The molecule has 0 fully saturated rings. The molecule has 1 aromatic rings. The largest absolute Gasteiger partial charge is 0.488 e. The molecular formula is C12H17FO3. The fourth-order valence-corrected chi connectivity index (χ4v) is 1.44. The molecule has 0 saturated carbocycles. The summed E-state index contributed by atoms with van der Waals surface area (Å²) in [6.07, 6.45) is -0.909. The van der Waals surface area contributed by atoms with E-state index in [0.29, 0.717) is 17.9 Å². The van der Waals surface area contributed by atoms with Gasteiger partial charge in [-0.1, -0.05) is 0 Å². The van der Waals surface area contributed by atoms with Crippen LogP contribution in [0.4, 0.5) is 4.39 Å². The Bertz CT molecular complexity index is 339. The topological polar surface area (TPSA) is 38.7 Å². The van der Waals surface area contributed by atoms with Crippen molar-refractivity contribution in [2.45, 2.75) is 26.1 Å². The molecule has 0 aliphatic heterocycles. The van der Waals surface area contributed by atoms with Crippen LogP contribution in [0.15, 0.2) is 18.2 Å². The first kappa shape index (κ1) is 12.9. The smallest absolute Gasteiger partial charge is 0.125 e. The monoisotopic (exact) mass is 228 g/mol. The maximum Gasteiger partial charge on any atom is 0.125 e. The van der Waals surface area contributed by atoms with Crippen LogP contribution >= 0.6 is 0 Å². The molecule has 2 unspecified atom stereocenters. The fraction of sp³-hybridized carbons (Fsp3) is 0.500. The summed E-state index contributed by atoms with van der Waals surface area (Å²) in [5, 5.41) is 9.49. The van der Waals surface area contributed by atoms with Crippen molar-refractivity contribution in [3.8, 4) is 5.75 Å². The van der Waals surface area contributed by atoms with E-state index in [9.17, 15) is 9.50 Å². The first-order chi connectivity index (χ1) is 7.54.